The summed E-state index contributed by atoms with van der Waals surface area (Å²) >= 11 is 8.08. The summed E-state index contributed by atoms with van der Waals surface area (Å²) in [6.45, 7) is 0. The first-order valence-corrected chi connectivity index (χ1v) is 10.2. The standard InChI is InChI=1S/C20H11ClFNO3S2/c21-11-6-4-10(5-7-11)12-9-27-16(17(12)20(25)26)8-15(24)19-23-14-3-1-2-13(22)18(14)28-19/h1-7,9H,8H2,(H,25,26). The normalized spacial score (nSPS) is 11.1. The molecular weight excluding hydrogens is 421 g/mol. The van der Waals surface area contributed by atoms with Crippen LogP contribution in [0.3, 0.4) is 0 Å². The van der Waals surface area contributed by atoms with Crippen LogP contribution in [0.1, 0.15) is 25.0 Å². The highest BCUT2D eigenvalue weighted by molar-refractivity contribution is 7.20. The fraction of sp³-hybridized carbons (Fsp3) is 0.0500. The van der Waals surface area contributed by atoms with Crippen LogP contribution in [0, 0.1) is 5.82 Å². The van der Waals surface area contributed by atoms with Crippen molar-refractivity contribution in [1.82, 2.24) is 4.98 Å². The number of carboxylic acid groups (broad SMARTS) is 1. The number of aromatic nitrogens is 1. The maximum Gasteiger partial charge on any atom is 0.337 e. The maximum absolute atomic E-state index is 13.9. The predicted octanol–water partition coefficient (Wildman–Crippen LogP) is 5.94. The minimum Gasteiger partial charge on any atom is -0.478 e. The number of fused-ring (bicyclic) bond motifs is 1. The van der Waals surface area contributed by atoms with Gasteiger partial charge in [0.2, 0.25) is 0 Å². The predicted molar refractivity (Wildman–Crippen MR) is 109 cm³/mol. The second kappa shape index (κ2) is 7.43. The molecule has 0 radical (unpaired) electrons. The Labute approximate surface area is 171 Å². The van der Waals surface area contributed by atoms with Gasteiger partial charge in [0.1, 0.15) is 5.82 Å². The summed E-state index contributed by atoms with van der Waals surface area (Å²) in [4.78, 5) is 29.2. The van der Waals surface area contributed by atoms with Crippen LogP contribution in [0.2, 0.25) is 5.02 Å². The largest absolute Gasteiger partial charge is 0.478 e. The van der Waals surface area contributed by atoms with Crippen LogP contribution in [0.4, 0.5) is 4.39 Å². The first-order valence-electron chi connectivity index (χ1n) is 8.12. The van der Waals surface area contributed by atoms with Gasteiger partial charge in [-0.1, -0.05) is 29.8 Å². The van der Waals surface area contributed by atoms with E-state index in [-0.39, 0.29) is 22.8 Å². The van der Waals surface area contributed by atoms with Crippen LogP contribution in [-0.4, -0.2) is 21.8 Å². The van der Waals surface area contributed by atoms with Gasteiger partial charge in [0, 0.05) is 21.9 Å². The summed E-state index contributed by atoms with van der Waals surface area (Å²) in [6.07, 6.45) is -0.110. The van der Waals surface area contributed by atoms with Crippen molar-refractivity contribution in [3.63, 3.8) is 0 Å². The molecule has 140 valence electrons. The molecule has 0 spiro atoms. The summed E-state index contributed by atoms with van der Waals surface area (Å²) in [7, 11) is 0. The third kappa shape index (κ3) is 3.44. The van der Waals surface area contributed by atoms with E-state index in [1.54, 1.807) is 35.7 Å². The number of hydrogen-bond acceptors (Lipinski definition) is 5. The molecule has 0 atom stereocenters. The number of ketones is 1. The van der Waals surface area contributed by atoms with Gasteiger partial charge < -0.3 is 5.11 Å². The summed E-state index contributed by atoms with van der Waals surface area (Å²) in [6, 6.07) is 11.3. The maximum atomic E-state index is 13.9. The number of rotatable bonds is 5. The van der Waals surface area contributed by atoms with Crippen LogP contribution in [0.15, 0.2) is 47.8 Å². The number of nitrogens with zero attached hydrogens (tertiary/aromatic N) is 1. The zero-order valence-electron chi connectivity index (χ0n) is 14.1. The molecule has 0 fully saturated rings. The molecule has 8 heteroatoms. The van der Waals surface area contributed by atoms with Crippen molar-refractivity contribution >= 4 is 56.2 Å². The molecule has 0 aliphatic heterocycles. The molecule has 0 aliphatic carbocycles. The van der Waals surface area contributed by atoms with Crippen molar-refractivity contribution in [2.24, 2.45) is 0 Å². The van der Waals surface area contributed by atoms with Crippen molar-refractivity contribution < 1.29 is 19.1 Å². The van der Waals surface area contributed by atoms with Gasteiger partial charge in [0.15, 0.2) is 10.8 Å². The number of carbonyl (C=O) groups is 2. The van der Waals surface area contributed by atoms with Crippen LogP contribution >= 0.6 is 34.3 Å². The zero-order valence-corrected chi connectivity index (χ0v) is 16.5. The molecule has 2 aromatic carbocycles. The molecule has 4 nitrogen and oxygen atoms in total. The molecule has 1 N–H and O–H groups in total. The Morgan fingerprint density at radius 3 is 2.57 bits per heavy atom. The lowest BCUT2D eigenvalue weighted by Crippen LogP contribution is -2.07. The molecule has 0 bridgehead atoms. The van der Waals surface area contributed by atoms with Gasteiger partial charge in [0.25, 0.3) is 0 Å². The number of hydrogen-bond donors (Lipinski definition) is 1. The average Bonchev–Trinajstić information content (AvgIpc) is 3.27. The summed E-state index contributed by atoms with van der Waals surface area (Å²) in [5.74, 6) is -1.88. The van der Waals surface area contributed by atoms with E-state index in [9.17, 15) is 19.1 Å². The minimum absolute atomic E-state index is 0.0907. The van der Waals surface area contributed by atoms with Gasteiger partial charge in [-0.3, -0.25) is 4.79 Å². The number of halogens is 2. The van der Waals surface area contributed by atoms with E-state index in [0.29, 0.717) is 31.2 Å². The molecule has 0 unspecified atom stereocenters. The molecule has 0 saturated carbocycles. The molecule has 0 aliphatic rings. The number of aromatic carboxylic acids is 1. The number of thiazole rings is 1. The highest BCUT2D eigenvalue weighted by Gasteiger charge is 2.23. The van der Waals surface area contributed by atoms with Crippen molar-refractivity contribution in [1.29, 1.82) is 0 Å². The van der Waals surface area contributed by atoms with E-state index in [1.807, 2.05) is 0 Å². The molecule has 2 heterocycles. The monoisotopic (exact) mass is 431 g/mol. The Hall–Kier alpha value is -2.61. The highest BCUT2D eigenvalue weighted by Crippen LogP contribution is 2.34. The summed E-state index contributed by atoms with van der Waals surface area (Å²) in [5.41, 5.74) is 1.75. The highest BCUT2D eigenvalue weighted by atomic mass is 35.5. The van der Waals surface area contributed by atoms with Crippen LogP contribution in [-0.2, 0) is 6.42 Å². The fourth-order valence-electron chi connectivity index (χ4n) is 2.86. The average molecular weight is 432 g/mol. The van der Waals surface area contributed by atoms with Gasteiger partial charge in [-0.25, -0.2) is 14.2 Å². The third-order valence-corrected chi connectivity index (χ3v) is 6.52. The van der Waals surface area contributed by atoms with Gasteiger partial charge in [-0.2, -0.15) is 0 Å². The second-order valence-electron chi connectivity index (χ2n) is 5.97. The van der Waals surface area contributed by atoms with E-state index in [0.717, 1.165) is 11.3 Å². The molecule has 2 aromatic heterocycles. The Morgan fingerprint density at radius 2 is 1.89 bits per heavy atom. The first kappa shape index (κ1) is 18.7. The van der Waals surface area contributed by atoms with Gasteiger partial charge >= 0.3 is 5.97 Å². The van der Waals surface area contributed by atoms with Crippen molar-refractivity contribution in [3.8, 4) is 11.1 Å². The number of thiophene rings is 1. The number of carbonyl (C=O) groups excluding carboxylic acids is 1. The molecule has 28 heavy (non-hydrogen) atoms. The topological polar surface area (TPSA) is 67.3 Å². The summed E-state index contributed by atoms with van der Waals surface area (Å²) in [5, 5.41) is 12.1. The van der Waals surface area contributed by atoms with Crippen LogP contribution in [0.25, 0.3) is 21.3 Å². The van der Waals surface area contributed by atoms with Crippen molar-refractivity contribution in [3.05, 3.63) is 74.1 Å². The Bertz CT molecular complexity index is 1210. The van der Waals surface area contributed by atoms with Gasteiger partial charge in [0.05, 0.1) is 15.8 Å². The zero-order chi connectivity index (χ0) is 19.8. The lowest BCUT2D eigenvalue weighted by molar-refractivity contribution is 0.0697. The SMILES string of the molecule is O=C(Cc1scc(-c2ccc(Cl)cc2)c1C(=O)O)c1nc2cccc(F)c2s1. The molecular formula is C20H11ClFNO3S2. The molecule has 0 amide bonds. The Kier molecular flexibility index (Phi) is 4.97. The number of benzene rings is 2. The lowest BCUT2D eigenvalue weighted by Gasteiger charge is -2.03. The van der Waals surface area contributed by atoms with Crippen LogP contribution < -0.4 is 0 Å². The first-order chi connectivity index (χ1) is 13.4. The van der Waals surface area contributed by atoms with E-state index < -0.39 is 11.8 Å². The van der Waals surface area contributed by atoms with Crippen LogP contribution in [0.5, 0.6) is 0 Å². The number of Topliss-reactive ketones (excluding diaryl/α,β-unsaturated/α-hetero) is 1. The van der Waals surface area contributed by atoms with Crippen molar-refractivity contribution in [2.45, 2.75) is 6.42 Å². The lowest BCUT2D eigenvalue weighted by atomic mass is 10.0. The Morgan fingerprint density at radius 1 is 1.14 bits per heavy atom. The van der Waals surface area contributed by atoms with Crippen molar-refractivity contribution in [2.75, 3.05) is 0 Å². The molecule has 4 rings (SSSR count). The van der Waals surface area contributed by atoms with Gasteiger partial charge in [-0.15, -0.1) is 22.7 Å². The van der Waals surface area contributed by atoms with Gasteiger partial charge in [-0.05, 0) is 35.2 Å². The smallest absolute Gasteiger partial charge is 0.337 e. The molecule has 0 saturated heterocycles. The van der Waals surface area contributed by atoms with E-state index in [1.165, 1.54) is 23.5 Å². The Balaban J connectivity index is 1.69. The third-order valence-electron chi connectivity index (χ3n) is 4.16. The second-order valence-corrected chi connectivity index (χ2v) is 8.37. The van der Waals surface area contributed by atoms with E-state index in [4.69, 9.17) is 11.6 Å². The van der Waals surface area contributed by atoms with E-state index >= 15 is 0 Å². The summed E-state index contributed by atoms with van der Waals surface area (Å²) < 4.78 is 14.2. The van der Waals surface area contributed by atoms with E-state index in [2.05, 4.69) is 4.98 Å². The fourth-order valence-corrected chi connectivity index (χ4v) is 4.94. The molecule has 4 aromatic rings. The number of carboxylic acids is 1. The quantitative estimate of drug-likeness (QED) is 0.397. The minimum atomic E-state index is -1.11.